The number of urea groups is 1. The molecule has 0 aromatic heterocycles. The Morgan fingerprint density at radius 2 is 1.53 bits per heavy atom. The Labute approximate surface area is 105 Å². The third-order valence-electron chi connectivity index (χ3n) is 4.07. The first-order chi connectivity index (χ1) is 8.06. The molecule has 0 aromatic rings. The molecule has 3 heteroatoms. The molecule has 0 aromatic carbocycles. The molecule has 3 unspecified atom stereocenters. The molecular weight excluding hydrogens is 212 g/mol. The third-order valence-corrected chi connectivity index (χ3v) is 4.07. The van der Waals surface area contributed by atoms with Gasteiger partial charge in [-0.2, -0.15) is 0 Å². The molecule has 0 N–H and O–H groups in total. The molecule has 2 fully saturated rings. The van der Waals surface area contributed by atoms with Crippen molar-refractivity contribution < 1.29 is 4.79 Å². The van der Waals surface area contributed by atoms with Crippen LogP contribution in [0.4, 0.5) is 4.79 Å². The standard InChI is InChI=1S/C14H26N2O/c1-11-5-4-6-15(8-11)14(17)16-9-12(2)7-13(3)10-16/h11-13H,4-10H2,1-3H3. The second-order valence-electron chi connectivity index (χ2n) is 6.33. The Hall–Kier alpha value is -0.730. The van der Waals surface area contributed by atoms with Crippen molar-refractivity contribution in [3.05, 3.63) is 0 Å². The van der Waals surface area contributed by atoms with Crippen LogP contribution in [0.2, 0.25) is 0 Å². The Bertz CT molecular complexity index is 269. The molecule has 2 amide bonds. The minimum atomic E-state index is 0.287. The van der Waals surface area contributed by atoms with Gasteiger partial charge in [0.15, 0.2) is 0 Å². The Balaban J connectivity index is 1.94. The van der Waals surface area contributed by atoms with Crippen LogP contribution in [-0.4, -0.2) is 42.0 Å². The molecule has 2 saturated heterocycles. The fraction of sp³-hybridized carbons (Fsp3) is 0.929. The molecule has 2 heterocycles. The molecular formula is C14H26N2O. The summed E-state index contributed by atoms with van der Waals surface area (Å²) < 4.78 is 0. The molecule has 0 spiro atoms. The lowest BCUT2D eigenvalue weighted by molar-refractivity contribution is 0.100. The summed E-state index contributed by atoms with van der Waals surface area (Å²) in [6.07, 6.45) is 3.71. The molecule has 17 heavy (non-hydrogen) atoms. The van der Waals surface area contributed by atoms with Crippen LogP contribution < -0.4 is 0 Å². The number of piperidine rings is 2. The van der Waals surface area contributed by atoms with E-state index in [0.717, 1.165) is 26.2 Å². The van der Waals surface area contributed by atoms with Gasteiger partial charge >= 0.3 is 6.03 Å². The van der Waals surface area contributed by atoms with Gasteiger partial charge in [-0.1, -0.05) is 20.8 Å². The third kappa shape index (κ3) is 3.14. The topological polar surface area (TPSA) is 23.6 Å². The summed E-state index contributed by atoms with van der Waals surface area (Å²) in [5.74, 6) is 1.99. The first-order valence-electron chi connectivity index (χ1n) is 7.10. The quantitative estimate of drug-likeness (QED) is 0.636. The number of hydrogen-bond acceptors (Lipinski definition) is 1. The van der Waals surface area contributed by atoms with E-state index in [9.17, 15) is 4.79 Å². The lowest BCUT2D eigenvalue weighted by atomic mass is 9.92. The molecule has 0 radical (unpaired) electrons. The van der Waals surface area contributed by atoms with Crippen LogP contribution in [0.3, 0.4) is 0 Å². The highest BCUT2D eigenvalue weighted by atomic mass is 16.2. The molecule has 0 saturated carbocycles. The Kier molecular flexibility index (Phi) is 3.95. The second-order valence-corrected chi connectivity index (χ2v) is 6.33. The molecule has 0 aliphatic carbocycles. The van der Waals surface area contributed by atoms with Crippen molar-refractivity contribution in [3.63, 3.8) is 0 Å². The summed E-state index contributed by atoms with van der Waals surface area (Å²) in [5, 5.41) is 0. The van der Waals surface area contributed by atoms with Gasteiger partial charge in [0, 0.05) is 26.2 Å². The van der Waals surface area contributed by atoms with Gasteiger partial charge in [0.05, 0.1) is 0 Å². The van der Waals surface area contributed by atoms with Gasteiger partial charge in [-0.05, 0) is 37.0 Å². The van der Waals surface area contributed by atoms with Gasteiger partial charge in [-0.15, -0.1) is 0 Å². The van der Waals surface area contributed by atoms with E-state index < -0.39 is 0 Å². The van der Waals surface area contributed by atoms with E-state index >= 15 is 0 Å². The average molecular weight is 238 g/mol. The number of likely N-dealkylation sites (tertiary alicyclic amines) is 2. The smallest absolute Gasteiger partial charge is 0.320 e. The zero-order valence-corrected chi connectivity index (χ0v) is 11.5. The second kappa shape index (κ2) is 5.28. The lowest BCUT2D eigenvalue weighted by Gasteiger charge is -2.40. The van der Waals surface area contributed by atoms with Gasteiger partial charge in [0.2, 0.25) is 0 Å². The van der Waals surface area contributed by atoms with Gasteiger partial charge in [-0.3, -0.25) is 0 Å². The average Bonchev–Trinajstić information content (AvgIpc) is 2.26. The monoisotopic (exact) mass is 238 g/mol. The summed E-state index contributed by atoms with van der Waals surface area (Å²) in [6, 6.07) is 0.287. The van der Waals surface area contributed by atoms with Gasteiger partial charge in [0.25, 0.3) is 0 Å². The predicted molar refractivity (Wildman–Crippen MR) is 69.9 cm³/mol. The van der Waals surface area contributed by atoms with Crippen molar-refractivity contribution in [2.75, 3.05) is 26.2 Å². The molecule has 3 nitrogen and oxygen atoms in total. The number of carbonyl (C=O) groups is 1. The first kappa shape index (κ1) is 12.7. The van der Waals surface area contributed by atoms with E-state index in [2.05, 4.69) is 30.6 Å². The highest BCUT2D eigenvalue weighted by molar-refractivity contribution is 5.74. The number of rotatable bonds is 0. The minimum absolute atomic E-state index is 0.287. The van der Waals surface area contributed by atoms with Crippen molar-refractivity contribution in [2.45, 2.75) is 40.0 Å². The lowest BCUT2D eigenvalue weighted by Crippen LogP contribution is -2.51. The fourth-order valence-corrected chi connectivity index (χ4v) is 3.38. The van der Waals surface area contributed by atoms with E-state index in [1.807, 2.05) is 0 Å². The van der Waals surface area contributed by atoms with Crippen LogP contribution in [0.15, 0.2) is 0 Å². The van der Waals surface area contributed by atoms with E-state index in [0.29, 0.717) is 17.8 Å². The Morgan fingerprint density at radius 1 is 0.941 bits per heavy atom. The van der Waals surface area contributed by atoms with Crippen molar-refractivity contribution >= 4 is 6.03 Å². The van der Waals surface area contributed by atoms with E-state index in [4.69, 9.17) is 0 Å². The highest BCUT2D eigenvalue weighted by Gasteiger charge is 2.30. The van der Waals surface area contributed by atoms with Crippen LogP contribution in [-0.2, 0) is 0 Å². The van der Waals surface area contributed by atoms with Crippen LogP contribution in [0.1, 0.15) is 40.0 Å². The molecule has 0 bridgehead atoms. The van der Waals surface area contributed by atoms with Gasteiger partial charge in [0.1, 0.15) is 0 Å². The molecule has 3 atom stereocenters. The zero-order chi connectivity index (χ0) is 12.4. The number of amides is 2. The van der Waals surface area contributed by atoms with E-state index in [1.165, 1.54) is 19.3 Å². The zero-order valence-electron chi connectivity index (χ0n) is 11.5. The maximum Gasteiger partial charge on any atom is 0.320 e. The summed E-state index contributed by atoms with van der Waals surface area (Å²) in [7, 11) is 0. The van der Waals surface area contributed by atoms with E-state index in [1.54, 1.807) is 0 Å². The summed E-state index contributed by atoms with van der Waals surface area (Å²) in [4.78, 5) is 16.6. The van der Waals surface area contributed by atoms with Gasteiger partial charge in [-0.25, -0.2) is 4.79 Å². The fourth-order valence-electron chi connectivity index (χ4n) is 3.38. The molecule has 2 aliphatic heterocycles. The van der Waals surface area contributed by atoms with Crippen LogP contribution in [0.5, 0.6) is 0 Å². The highest BCUT2D eigenvalue weighted by Crippen LogP contribution is 2.23. The van der Waals surface area contributed by atoms with Crippen molar-refractivity contribution in [1.82, 2.24) is 9.80 Å². The van der Waals surface area contributed by atoms with Crippen LogP contribution in [0.25, 0.3) is 0 Å². The summed E-state index contributed by atoms with van der Waals surface area (Å²) >= 11 is 0. The maximum absolute atomic E-state index is 12.4. The largest absolute Gasteiger partial charge is 0.324 e. The SMILES string of the molecule is CC1CCCN(C(=O)N2CC(C)CC(C)C2)C1. The van der Waals surface area contributed by atoms with Crippen molar-refractivity contribution in [1.29, 1.82) is 0 Å². The van der Waals surface area contributed by atoms with Crippen LogP contribution >= 0.6 is 0 Å². The maximum atomic E-state index is 12.4. The summed E-state index contributed by atoms with van der Waals surface area (Å²) in [5.41, 5.74) is 0. The Morgan fingerprint density at radius 3 is 2.12 bits per heavy atom. The van der Waals surface area contributed by atoms with Crippen molar-refractivity contribution in [2.24, 2.45) is 17.8 Å². The summed E-state index contributed by atoms with van der Waals surface area (Å²) in [6.45, 7) is 10.6. The van der Waals surface area contributed by atoms with E-state index in [-0.39, 0.29) is 6.03 Å². The normalized spacial score (nSPS) is 34.9. The first-order valence-corrected chi connectivity index (χ1v) is 7.10. The van der Waals surface area contributed by atoms with Crippen LogP contribution in [0, 0.1) is 17.8 Å². The predicted octanol–water partition coefficient (Wildman–Crippen LogP) is 2.82. The number of nitrogens with zero attached hydrogens (tertiary/aromatic N) is 2. The number of hydrogen-bond donors (Lipinski definition) is 0. The number of carbonyl (C=O) groups excluding carboxylic acids is 1. The minimum Gasteiger partial charge on any atom is -0.324 e. The van der Waals surface area contributed by atoms with Gasteiger partial charge < -0.3 is 9.80 Å². The van der Waals surface area contributed by atoms with Crippen molar-refractivity contribution in [3.8, 4) is 0 Å². The molecule has 2 rings (SSSR count). The molecule has 98 valence electrons. The molecule has 2 aliphatic rings.